The number of esters is 1. The van der Waals surface area contributed by atoms with Gasteiger partial charge < -0.3 is 14.2 Å². The van der Waals surface area contributed by atoms with Crippen molar-refractivity contribution in [3.8, 4) is 0 Å². The lowest BCUT2D eigenvalue weighted by Gasteiger charge is -2.46. The van der Waals surface area contributed by atoms with Crippen molar-refractivity contribution in [2.75, 3.05) is 34.4 Å². The van der Waals surface area contributed by atoms with Crippen LogP contribution in [0.2, 0.25) is 0 Å². The highest BCUT2D eigenvalue weighted by atomic mass is 16.6. The Morgan fingerprint density at radius 3 is 2.27 bits per heavy atom. The number of amides is 1. The van der Waals surface area contributed by atoms with E-state index < -0.39 is 17.7 Å². The molecule has 0 atom stereocenters. The normalized spacial score (nSPS) is 17.7. The maximum Gasteiger partial charge on any atom is 0.412 e. The van der Waals surface area contributed by atoms with Crippen LogP contribution in [0.4, 0.5) is 4.79 Å². The number of likely N-dealkylation sites (N-methyl/N-ethyl adjacent to an activating group) is 1. The van der Waals surface area contributed by atoms with Crippen LogP contribution in [0, 0.1) is 0 Å². The Labute approximate surface area is 131 Å². The number of methoxy groups -OCH3 is 1. The molecule has 22 heavy (non-hydrogen) atoms. The summed E-state index contributed by atoms with van der Waals surface area (Å²) in [6.45, 7) is 6.41. The lowest BCUT2D eigenvalue weighted by atomic mass is 9.91. The summed E-state index contributed by atoms with van der Waals surface area (Å²) >= 11 is 0. The SMILES string of the molecule is COC(=O)/C(=C\CC1(N(C)C)COC1)NC(=O)OC(C)(C)C. The number of ether oxygens (including phenoxy) is 3. The van der Waals surface area contributed by atoms with Gasteiger partial charge in [0.05, 0.1) is 25.9 Å². The number of rotatable bonds is 5. The molecule has 7 heteroatoms. The Hall–Kier alpha value is -1.60. The second-order valence-electron chi connectivity index (χ2n) is 6.55. The van der Waals surface area contributed by atoms with Gasteiger partial charge in [0.15, 0.2) is 0 Å². The van der Waals surface area contributed by atoms with Gasteiger partial charge in [-0.3, -0.25) is 10.2 Å². The van der Waals surface area contributed by atoms with E-state index in [4.69, 9.17) is 14.2 Å². The highest BCUT2D eigenvalue weighted by Crippen LogP contribution is 2.27. The van der Waals surface area contributed by atoms with Crippen LogP contribution >= 0.6 is 0 Å². The number of nitrogens with zero attached hydrogens (tertiary/aromatic N) is 1. The van der Waals surface area contributed by atoms with E-state index >= 15 is 0 Å². The summed E-state index contributed by atoms with van der Waals surface area (Å²) in [5, 5.41) is 2.45. The van der Waals surface area contributed by atoms with Crippen LogP contribution < -0.4 is 5.32 Å². The second-order valence-corrected chi connectivity index (χ2v) is 6.55. The number of carbonyl (C=O) groups is 2. The van der Waals surface area contributed by atoms with Crippen molar-refractivity contribution in [1.29, 1.82) is 0 Å². The maximum atomic E-state index is 11.8. The lowest BCUT2D eigenvalue weighted by Crippen LogP contribution is -2.59. The molecule has 1 N–H and O–H groups in total. The molecule has 0 aromatic carbocycles. The Morgan fingerprint density at radius 2 is 1.91 bits per heavy atom. The standard InChI is InChI=1S/C15H26N2O5/c1-14(2,3)22-13(19)16-11(12(18)20-6)7-8-15(17(4)5)9-21-10-15/h7H,8-10H2,1-6H3,(H,16,19)/b11-7+. The third-order valence-electron chi connectivity index (χ3n) is 3.42. The fourth-order valence-corrected chi connectivity index (χ4v) is 1.90. The molecule has 1 aliphatic heterocycles. The first-order chi connectivity index (χ1) is 10.1. The predicted molar refractivity (Wildman–Crippen MR) is 81.3 cm³/mol. The summed E-state index contributed by atoms with van der Waals surface area (Å²) in [6.07, 6.45) is 1.52. The molecule has 1 saturated heterocycles. The summed E-state index contributed by atoms with van der Waals surface area (Å²) in [5.74, 6) is -0.611. The molecule has 126 valence electrons. The number of hydrogen-bond acceptors (Lipinski definition) is 6. The fourth-order valence-electron chi connectivity index (χ4n) is 1.90. The summed E-state index contributed by atoms with van der Waals surface area (Å²) in [4.78, 5) is 25.7. The van der Waals surface area contributed by atoms with E-state index in [1.807, 2.05) is 14.1 Å². The molecule has 0 aromatic heterocycles. The molecule has 0 aromatic rings. The minimum atomic E-state index is -0.687. The zero-order chi connectivity index (χ0) is 17.0. The Balaban J connectivity index is 2.78. The molecule has 0 unspecified atom stereocenters. The van der Waals surface area contributed by atoms with E-state index in [2.05, 4.69) is 10.2 Å². The first-order valence-corrected chi connectivity index (χ1v) is 7.13. The van der Waals surface area contributed by atoms with Gasteiger partial charge in [-0.2, -0.15) is 0 Å². The molecular formula is C15H26N2O5. The van der Waals surface area contributed by atoms with Gasteiger partial charge in [-0.25, -0.2) is 9.59 Å². The van der Waals surface area contributed by atoms with Crippen LogP contribution in [0.25, 0.3) is 0 Å². The van der Waals surface area contributed by atoms with Crippen molar-refractivity contribution in [1.82, 2.24) is 10.2 Å². The van der Waals surface area contributed by atoms with E-state index in [9.17, 15) is 9.59 Å². The molecule has 0 aliphatic carbocycles. The molecule has 1 aliphatic rings. The largest absolute Gasteiger partial charge is 0.464 e. The molecule has 0 radical (unpaired) electrons. The Morgan fingerprint density at radius 1 is 1.32 bits per heavy atom. The number of alkyl carbamates (subject to hydrolysis) is 1. The van der Waals surface area contributed by atoms with Gasteiger partial charge in [0.1, 0.15) is 11.3 Å². The number of nitrogens with one attached hydrogen (secondary N) is 1. The minimum Gasteiger partial charge on any atom is -0.464 e. The third-order valence-corrected chi connectivity index (χ3v) is 3.42. The van der Waals surface area contributed by atoms with Crippen LogP contribution in [-0.4, -0.2) is 62.5 Å². The van der Waals surface area contributed by atoms with E-state index in [0.29, 0.717) is 19.6 Å². The van der Waals surface area contributed by atoms with Gasteiger partial charge in [-0.15, -0.1) is 0 Å². The van der Waals surface area contributed by atoms with Crippen molar-refractivity contribution in [2.45, 2.75) is 38.3 Å². The quantitative estimate of drug-likeness (QED) is 0.608. The highest BCUT2D eigenvalue weighted by Gasteiger charge is 2.40. The van der Waals surface area contributed by atoms with Crippen LogP contribution in [0.15, 0.2) is 11.8 Å². The van der Waals surface area contributed by atoms with Crippen molar-refractivity contribution in [3.63, 3.8) is 0 Å². The Kier molecular flexibility index (Phi) is 5.96. The molecule has 0 saturated carbocycles. The first kappa shape index (κ1) is 18.4. The van der Waals surface area contributed by atoms with Crippen molar-refractivity contribution >= 4 is 12.1 Å². The lowest BCUT2D eigenvalue weighted by molar-refractivity contribution is -0.136. The fraction of sp³-hybridized carbons (Fsp3) is 0.733. The number of carbonyl (C=O) groups excluding carboxylic acids is 2. The highest BCUT2D eigenvalue weighted by molar-refractivity contribution is 5.92. The van der Waals surface area contributed by atoms with Crippen molar-refractivity contribution in [3.05, 3.63) is 11.8 Å². The van der Waals surface area contributed by atoms with Gasteiger partial charge in [-0.1, -0.05) is 6.08 Å². The third kappa shape index (κ3) is 4.99. The molecule has 1 amide bonds. The van der Waals surface area contributed by atoms with Gasteiger partial charge in [-0.05, 0) is 41.3 Å². The van der Waals surface area contributed by atoms with Crippen LogP contribution in [0.5, 0.6) is 0 Å². The minimum absolute atomic E-state index is 0.0740. The predicted octanol–water partition coefficient (Wildman–Crippen LogP) is 1.29. The summed E-state index contributed by atoms with van der Waals surface area (Å²) < 4.78 is 15.1. The smallest absolute Gasteiger partial charge is 0.412 e. The van der Waals surface area contributed by atoms with Gasteiger partial charge >= 0.3 is 12.1 Å². The molecule has 1 fully saturated rings. The zero-order valence-electron chi connectivity index (χ0n) is 14.2. The van der Waals surface area contributed by atoms with Crippen LogP contribution in [-0.2, 0) is 19.0 Å². The summed E-state index contributed by atoms with van der Waals surface area (Å²) in [5.41, 5.74) is -0.725. The first-order valence-electron chi connectivity index (χ1n) is 7.13. The molecule has 0 spiro atoms. The van der Waals surface area contributed by atoms with E-state index in [1.165, 1.54) is 7.11 Å². The van der Waals surface area contributed by atoms with Gasteiger partial charge in [0.25, 0.3) is 0 Å². The van der Waals surface area contributed by atoms with E-state index in [0.717, 1.165) is 0 Å². The Bertz CT molecular complexity index is 447. The van der Waals surface area contributed by atoms with Crippen LogP contribution in [0.3, 0.4) is 0 Å². The zero-order valence-corrected chi connectivity index (χ0v) is 14.2. The van der Waals surface area contributed by atoms with E-state index in [-0.39, 0.29) is 11.2 Å². The topological polar surface area (TPSA) is 77.1 Å². The average Bonchev–Trinajstić information content (AvgIpc) is 2.32. The number of hydrogen-bond donors (Lipinski definition) is 1. The molecule has 0 bridgehead atoms. The van der Waals surface area contributed by atoms with Gasteiger partial charge in [0.2, 0.25) is 0 Å². The van der Waals surface area contributed by atoms with E-state index in [1.54, 1.807) is 26.8 Å². The summed E-state index contributed by atoms with van der Waals surface area (Å²) in [7, 11) is 5.17. The second kappa shape index (κ2) is 7.11. The van der Waals surface area contributed by atoms with Crippen LogP contribution in [0.1, 0.15) is 27.2 Å². The molecular weight excluding hydrogens is 288 g/mol. The summed E-state index contributed by atoms with van der Waals surface area (Å²) in [6, 6.07) is 0. The van der Waals surface area contributed by atoms with Gasteiger partial charge in [0, 0.05) is 0 Å². The van der Waals surface area contributed by atoms with Crippen molar-refractivity contribution < 1.29 is 23.8 Å². The molecule has 1 rings (SSSR count). The average molecular weight is 314 g/mol. The molecule has 1 heterocycles. The maximum absolute atomic E-state index is 11.8. The monoisotopic (exact) mass is 314 g/mol. The molecule has 7 nitrogen and oxygen atoms in total. The van der Waals surface area contributed by atoms with Crippen molar-refractivity contribution in [2.24, 2.45) is 0 Å².